The highest BCUT2D eigenvalue weighted by molar-refractivity contribution is 7.14. The number of carbonyl (C=O) groups excluding carboxylic acids is 1. The Morgan fingerprint density at radius 1 is 1.48 bits per heavy atom. The van der Waals surface area contributed by atoms with Gasteiger partial charge in [-0.05, 0) is 37.6 Å². The van der Waals surface area contributed by atoms with Crippen molar-refractivity contribution in [2.24, 2.45) is 0 Å². The number of nitrogens with zero attached hydrogens (tertiary/aromatic N) is 1. The van der Waals surface area contributed by atoms with E-state index in [-0.39, 0.29) is 5.91 Å². The van der Waals surface area contributed by atoms with Crippen molar-refractivity contribution >= 4 is 29.3 Å². The molecule has 1 aliphatic rings. The monoisotopic (exact) mass is 308 g/mol. The molecule has 1 fully saturated rings. The minimum atomic E-state index is -0.992. The third-order valence-corrected chi connectivity index (χ3v) is 4.44. The van der Waals surface area contributed by atoms with Gasteiger partial charge in [-0.25, -0.2) is 4.79 Å². The second-order valence-corrected chi connectivity index (χ2v) is 6.10. The van der Waals surface area contributed by atoms with E-state index in [9.17, 15) is 9.59 Å². The highest BCUT2D eigenvalue weighted by Gasteiger charge is 2.27. The number of nitrogens with one attached hydrogen (secondary N) is 1. The van der Waals surface area contributed by atoms with Gasteiger partial charge in [0.1, 0.15) is 0 Å². The molecule has 0 aromatic carbocycles. The number of amides is 1. The van der Waals surface area contributed by atoms with E-state index >= 15 is 0 Å². The van der Waals surface area contributed by atoms with Gasteiger partial charge >= 0.3 is 5.97 Å². The molecule has 2 rings (SSSR count). The van der Waals surface area contributed by atoms with Crippen LogP contribution in [0.25, 0.3) is 6.08 Å². The second kappa shape index (κ2) is 7.38. The summed E-state index contributed by atoms with van der Waals surface area (Å²) in [6.45, 7) is 4.68. The molecule has 0 spiro atoms. The third kappa shape index (κ3) is 4.99. The summed E-state index contributed by atoms with van der Waals surface area (Å²) in [5, 5.41) is 11.5. The van der Waals surface area contributed by atoms with Crippen LogP contribution in [0.4, 0.5) is 0 Å². The van der Waals surface area contributed by atoms with E-state index in [0.717, 1.165) is 24.0 Å². The van der Waals surface area contributed by atoms with Gasteiger partial charge in [0.05, 0.1) is 4.88 Å². The van der Waals surface area contributed by atoms with Crippen LogP contribution in [0, 0.1) is 0 Å². The molecule has 1 heterocycles. The SMILES string of the molecule is CCN(CCNC(=O)c1ccc(/C=C/C(=O)O)s1)C1CC1. The van der Waals surface area contributed by atoms with Crippen molar-refractivity contribution in [2.75, 3.05) is 19.6 Å². The molecule has 0 bridgehead atoms. The summed E-state index contributed by atoms with van der Waals surface area (Å²) in [6, 6.07) is 4.18. The molecule has 2 N–H and O–H groups in total. The molecule has 0 radical (unpaired) electrons. The molecule has 0 aliphatic heterocycles. The number of carboxylic acids is 1. The van der Waals surface area contributed by atoms with Gasteiger partial charge in [0.2, 0.25) is 0 Å². The van der Waals surface area contributed by atoms with E-state index < -0.39 is 5.97 Å². The Morgan fingerprint density at radius 2 is 2.24 bits per heavy atom. The maximum atomic E-state index is 12.0. The van der Waals surface area contributed by atoms with Gasteiger partial charge in [0.15, 0.2) is 0 Å². The molecule has 0 atom stereocenters. The first-order chi connectivity index (χ1) is 10.1. The zero-order valence-corrected chi connectivity index (χ0v) is 12.9. The van der Waals surface area contributed by atoms with E-state index in [1.54, 1.807) is 12.1 Å². The molecular formula is C15H20N2O3S. The van der Waals surface area contributed by atoms with Gasteiger partial charge in [0.25, 0.3) is 5.91 Å². The molecule has 1 aromatic heterocycles. The van der Waals surface area contributed by atoms with Gasteiger partial charge in [-0.15, -0.1) is 11.3 Å². The van der Waals surface area contributed by atoms with Crippen molar-refractivity contribution in [1.29, 1.82) is 0 Å². The second-order valence-electron chi connectivity index (χ2n) is 4.99. The summed E-state index contributed by atoms with van der Waals surface area (Å²) < 4.78 is 0. The van der Waals surface area contributed by atoms with E-state index in [2.05, 4.69) is 17.1 Å². The first-order valence-electron chi connectivity index (χ1n) is 7.13. The topological polar surface area (TPSA) is 69.6 Å². The summed E-state index contributed by atoms with van der Waals surface area (Å²) in [7, 11) is 0. The van der Waals surface area contributed by atoms with Crippen molar-refractivity contribution in [1.82, 2.24) is 10.2 Å². The number of hydrogen-bond donors (Lipinski definition) is 2. The van der Waals surface area contributed by atoms with E-state index in [1.165, 1.54) is 30.3 Å². The lowest BCUT2D eigenvalue weighted by Gasteiger charge is -2.19. The number of rotatable bonds is 8. The molecular weight excluding hydrogens is 288 g/mol. The van der Waals surface area contributed by atoms with Crippen LogP contribution >= 0.6 is 11.3 Å². The number of carbonyl (C=O) groups is 2. The number of aliphatic carboxylic acids is 1. The van der Waals surface area contributed by atoms with Crippen LogP contribution in [0.1, 0.15) is 34.3 Å². The predicted octanol–water partition coefficient (Wildman–Crippen LogP) is 2.06. The van der Waals surface area contributed by atoms with E-state index in [4.69, 9.17) is 5.11 Å². The Kier molecular flexibility index (Phi) is 5.52. The van der Waals surface area contributed by atoms with Crippen LogP contribution in [0.5, 0.6) is 0 Å². The fourth-order valence-electron chi connectivity index (χ4n) is 2.16. The Balaban J connectivity index is 1.78. The molecule has 0 unspecified atom stereocenters. The Labute approximate surface area is 128 Å². The lowest BCUT2D eigenvalue weighted by Crippen LogP contribution is -2.35. The summed E-state index contributed by atoms with van der Waals surface area (Å²) in [6.07, 6.45) is 5.11. The van der Waals surface area contributed by atoms with Crippen molar-refractivity contribution in [3.05, 3.63) is 28.0 Å². The predicted molar refractivity (Wildman–Crippen MR) is 83.6 cm³/mol. The summed E-state index contributed by atoms with van der Waals surface area (Å²) in [5.74, 6) is -1.09. The fraction of sp³-hybridized carbons (Fsp3) is 0.467. The summed E-state index contributed by atoms with van der Waals surface area (Å²) in [5.41, 5.74) is 0. The highest BCUT2D eigenvalue weighted by atomic mass is 32.1. The Bertz CT molecular complexity index is 535. The van der Waals surface area contributed by atoms with Crippen molar-refractivity contribution in [3.8, 4) is 0 Å². The quantitative estimate of drug-likeness (QED) is 0.721. The number of thiophene rings is 1. The molecule has 21 heavy (non-hydrogen) atoms. The van der Waals surface area contributed by atoms with Crippen molar-refractivity contribution in [2.45, 2.75) is 25.8 Å². The Morgan fingerprint density at radius 3 is 2.86 bits per heavy atom. The number of likely N-dealkylation sites (N-methyl/N-ethyl adjacent to an activating group) is 1. The smallest absolute Gasteiger partial charge is 0.328 e. The molecule has 1 amide bonds. The number of hydrogen-bond acceptors (Lipinski definition) is 4. The molecule has 6 heteroatoms. The average molecular weight is 308 g/mol. The molecule has 5 nitrogen and oxygen atoms in total. The molecule has 1 aliphatic carbocycles. The van der Waals surface area contributed by atoms with Crippen LogP contribution in [0.2, 0.25) is 0 Å². The van der Waals surface area contributed by atoms with E-state index in [0.29, 0.717) is 17.5 Å². The van der Waals surface area contributed by atoms with E-state index in [1.807, 2.05) is 0 Å². The van der Waals surface area contributed by atoms with Crippen LogP contribution in [0.15, 0.2) is 18.2 Å². The zero-order chi connectivity index (χ0) is 15.2. The van der Waals surface area contributed by atoms with Gasteiger partial charge in [-0.3, -0.25) is 9.69 Å². The first-order valence-corrected chi connectivity index (χ1v) is 7.95. The van der Waals surface area contributed by atoms with Crippen LogP contribution in [-0.2, 0) is 4.79 Å². The van der Waals surface area contributed by atoms with Crippen LogP contribution in [-0.4, -0.2) is 47.6 Å². The standard InChI is InChI=1S/C15H20N2O3S/c1-2-17(11-3-4-11)10-9-16-15(20)13-7-5-12(21-13)6-8-14(18)19/h5-8,11H,2-4,9-10H2,1H3,(H,16,20)(H,18,19)/b8-6+. The lowest BCUT2D eigenvalue weighted by atomic mass is 10.3. The average Bonchev–Trinajstić information content (AvgIpc) is 3.18. The lowest BCUT2D eigenvalue weighted by molar-refractivity contribution is -0.131. The largest absolute Gasteiger partial charge is 0.478 e. The first kappa shape index (κ1) is 15.7. The Hall–Kier alpha value is -1.66. The van der Waals surface area contributed by atoms with Gasteiger partial charge in [-0.1, -0.05) is 6.92 Å². The fourth-order valence-corrected chi connectivity index (χ4v) is 2.98. The van der Waals surface area contributed by atoms with Gasteiger partial charge in [-0.2, -0.15) is 0 Å². The van der Waals surface area contributed by atoms with Gasteiger partial charge in [0, 0.05) is 30.1 Å². The van der Waals surface area contributed by atoms with Crippen LogP contribution < -0.4 is 5.32 Å². The summed E-state index contributed by atoms with van der Waals surface area (Å²) in [4.78, 5) is 26.2. The maximum absolute atomic E-state index is 12.0. The molecule has 0 saturated heterocycles. The summed E-state index contributed by atoms with van der Waals surface area (Å²) >= 11 is 1.29. The maximum Gasteiger partial charge on any atom is 0.328 e. The molecule has 1 aromatic rings. The highest BCUT2D eigenvalue weighted by Crippen LogP contribution is 2.25. The zero-order valence-electron chi connectivity index (χ0n) is 12.0. The van der Waals surface area contributed by atoms with Crippen LogP contribution in [0.3, 0.4) is 0 Å². The third-order valence-electron chi connectivity index (χ3n) is 3.39. The minimum Gasteiger partial charge on any atom is -0.478 e. The normalized spacial score (nSPS) is 14.8. The minimum absolute atomic E-state index is 0.0955. The van der Waals surface area contributed by atoms with Gasteiger partial charge < -0.3 is 10.4 Å². The van der Waals surface area contributed by atoms with Crippen molar-refractivity contribution in [3.63, 3.8) is 0 Å². The van der Waals surface area contributed by atoms with Crippen molar-refractivity contribution < 1.29 is 14.7 Å². The molecule has 114 valence electrons. The number of carboxylic acid groups (broad SMARTS) is 1. The molecule has 1 saturated carbocycles.